The topological polar surface area (TPSA) is 84.2 Å². The van der Waals surface area contributed by atoms with Crippen LogP contribution in [0.3, 0.4) is 0 Å². The summed E-state index contributed by atoms with van der Waals surface area (Å²) < 4.78 is 25.7. The van der Waals surface area contributed by atoms with Crippen LogP contribution >= 0.6 is 0 Å². The Bertz CT molecular complexity index is 445. The minimum Gasteiger partial charge on any atom is -0.324 e. The maximum atomic E-state index is 11.7. The van der Waals surface area contributed by atoms with Crippen LogP contribution in [0.2, 0.25) is 0 Å². The quantitative estimate of drug-likeness (QED) is 0.520. The van der Waals surface area contributed by atoms with E-state index < -0.39 is 10.0 Å². The third kappa shape index (κ3) is 2.28. The lowest BCUT2D eigenvalue weighted by Gasteiger charge is -2.12. The van der Waals surface area contributed by atoms with Gasteiger partial charge in [-0.05, 0) is 44.2 Å². The van der Waals surface area contributed by atoms with E-state index in [1.165, 1.54) is 7.05 Å². The van der Waals surface area contributed by atoms with Gasteiger partial charge in [0.05, 0.1) is 4.90 Å². The zero-order chi connectivity index (χ0) is 11.6. The molecule has 0 saturated carbocycles. The average molecular weight is 229 g/mol. The maximum absolute atomic E-state index is 11.7. The van der Waals surface area contributed by atoms with Gasteiger partial charge in [-0.2, -0.15) is 0 Å². The molecule has 0 radical (unpaired) electrons. The predicted octanol–water partition coefficient (Wildman–Crippen LogP) is 0.497. The fourth-order valence-electron chi connectivity index (χ4n) is 1.56. The molecular formula is C9H15N3O2S. The number of rotatable bonds is 3. The highest BCUT2D eigenvalue weighted by Crippen LogP contribution is 2.23. The molecule has 0 unspecified atom stereocenters. The number of benzene rings is 1. The molecule has 0 aliphatic rings. The third-order valence-electron chi connectivity index (χ3n) is 2.16. The summed E-state index contributed by atoms with van der Waals surface area (Å²) in [6, 6.07) is 3.38. The van der Waals surface area contributed by atoms with Crippen molar-refractivity contribution in [3.63, 3.8) is 0 Å². The number of nitrogens with two attached hydrogens (primary N) is 1. The molecule has 0 amide bonds. The Morgan fingerprint density at radius 2 is 1.67 bits per heavy atom. The Balaban J connectivity index is 3.45. The average Bonchev–Trinajstić information content (AvgIpc) is 2.16. The molecule has 5 nitrogen and oxygen atoms in total. The monoisotopic (exact) mass is 229 g/mol. The number of nitrogen functional groups attached to an aromatic ring is 1. The minimum atomic E-state index is -3.40. The zero-order valence-electron chi connectivity index (χ0n) is 8.96. The molecule has 0 bridgehead atoms. The van der Waals surface area contributed by atoms with E-state index in [4.69, 9.17) is 5.84 Å². The van der Waals surface area contributed by atoms with Crippen LogP contribution in [-0.4, -0.2) is 15.5 Å². The van der Waals surface area contributed by atoms with Crippen LogP contribution in [-0.2, 0) is 10.0 Å². The first-order valence-electron chi connectivity index (χ1n) is 4.43. The fraction of sp³-hybridized carbons (Fsp3) is 0.333. The van der Waals surface area contributed by atoms with E-state index in [2.05, 4.69) is 10.1 Å². The van der Waals surface area contributed by atoms with Gasteiger partial charge in [0.2, 0.25) is 10.0 Å². The van der Waals surface area contributed by atoms with Crippen molar-refractivity contribution in [1.29, 1.82) is 0 Å². The van der Waals surface area contributed by atoms with Crippen molar-refractivity contribution in [3.05, 3.63) is 23.3 Å². The van der Waals surface area contributed by atoms with Crippen molar-refractivity contribution in [3.8, 4) is 0 Å². The summed E-state index contributed by atoms with van der Waals surface area (Å²) in [5, 5.41) is 0. The Kier molecular flexibility index (Phi) is 3.33. The Morgan fingerprint density at radius 3 is 2.00 bits per heavy atom. The number of hydrazine groups is 1. The lowest BCUT2D eigenvalue weighted by atomic mass is 10.1. The molecule has 0 aromatic heterocycles. The summed E-state index contributed by atoms with van der Waals surface area (Å²) in [6.07, 6.45) is 0. The van der Waals surface area contributed by atoms with Crippen molar-refractivity contribution in [2.45, 2.75) is 18.7 Å². The van der Waals surface area contributed by atoms with Gasteiger partial charge < -0.3 is 5.43 Å². The van der Waals surface area contributed by atoms with Crippen LogP contribution < -0.4 is 16.0 Å². The summed E-state index contributed by atoms with van der Waals surface area (Å²) in [5.74, 6) is 5.26. The summed E-state index contributed by atoms with van der Waals surface area (Å²) in [6.45, 7) is 3.47. The second-order valence-corrected chi connectivity index (χ2v) is 5.11. The smallest absolute Gasteiger partial charge is 0.240 e. The predicted molar refractivity (Wildman–Crippen MR) is 60.0 cm³/mol. The first-order chi connectivity index (χ1) is 6.92. The van der Waals surface area contributed by atoms with Crippen LogP contribution in [0.5, 0.6) is 0 Å². The highest BCUT2D eigenvalue weighted by Gasteiger charge is 2.17. The molecule has 15 heavy (non-hydrogen) atoms. The van der Waals surface area contributed by atoms with Gasteiger partial charge >= 0.3 is 0 Å². The Hall–Kier alpha value is -1.11. The minimum absolute atomic E-state index is 0.309. The van der Waals surface area contributed by atoms with Crippen LogP contribution in [0.25, 0.3) is 0 Å². The molecular weight excluding hydrogens is 214 g/mol. The lowest BCUT2D eigenvalue weighted by Crippen LogP contribution is -2.21. The summed E-state index contributed by atoms with van der Waals surface area (Å²) in [4.78, 5) is 0.309. The van der Waals surface area contributed by atoms with Gasteiger partial charge in [0.1, 0.15) is 0 Å². The molecule has 0 saturated heterocycles. The van der Waals surface area contributed by atoms with Crippen LogP contribution in [0.15, 0.2) is 17.0 Å². The van der Waals surface area contributed by atoms with Crippen molar-refractivity contribution in [2.24, 2.45) is 5.84 Å². The molecule has 0 heterocycles. The van der Waals surface area contributed by atoms with Crippen molar-refractivity contribution >= 4 is 15.7 Å². The van der Waals surface area contributed by atoms with Gasteiger partial charge in [-0.3, -0.25) is 5.84 Å². The summed E-state index contributed by atoms with van der Waals surface area (Å²) in [7, 11) is -2.01. The van der Waals surface area contributed by atoms with Crippen molar-refractivity contribution in [2.75, 3.05) is 12.5 Å². The molecule has 6 heteroatoms. The lowest BCUT2D eigenvalue weighted by molar-refractivity contribution is 0.587. The Labute approximate surface area is 89.7 Å². The second kappa shape index (κ2) is 4.18. The van der Waals surface area contributed by atoms with E-state index in [0.29, 0.717) is 21.7 Å². The van der Waals surface area contributed by atoms with E-state index in [1.807, 2.05) is 0 Å². The summed E-state index contributed by atoms with van der Waals surface area (Å²) in [5.41, 5.74) is 4.51. The zero-order valence-corrected chi connectivity index (χ0v) is 9.77. The number of hydrogen-bond acceptors (Lipinski definition) is 4. The van der Waals surface area contributed by atoms with Crippen molar-refractivity contribution in [1.82, 2.24) is 4.72 Å². The molecule has 0 fully saturated rings. The van der Waals surface area contributed by atoms with Gasteiger partial charge in [-0.25, -0.2) is 13.1 Å². The normalized spacial score (nSPS) is 11.5. The third-order valence-corrected chi connectivity index (χ3v) is 3.88. The molecule has 4 N–H and O–H groups in total. The van der Waals surface area contributed by atoms with Crippen molar-refractivity contribution < 1.29 is 8.42 Å². The first kappa shape index (κ1) is 12.0. The number of aryl methyl sites for hydroxylation is 2. The van der Waals surface area contributed by atoms with Crippen LogP contribution in [0.4, 0.5) is 5.69 Å². The van der Waals surface area contributed by atoms with E-state index in [-0.39, 0.29) is 0 Å². The maximum Gasteiger partial charge on any atom is 0.240 e. The summed E-state index contributed by atoms with van der Waals surface area (Å²) >= 11 is 0. The molecule has 0 aliphatic carbocycles. The van der Waals surface area contributed by atoms with E-state index in [9.17, 15) is 8.42 Å². The van der Waals surface area contributed by atoms with Gasteiger partial charge in [-0.15, -0.1) is 0 Å². The van der Waals surface area contributed by atoms with Crippen LogP contribution in [0.1, 0.15) is 11.1 Å². The number of nitrogens with one attached hydrogen (secondary N) is 2. The van der Waals surface area contributed by atoms with E-state index in [1.54, 1.807) is 26.0 Å². The highest BCUT2D eigenvalue weighted by atomic mass is 32.2. The van der Waals surface area contributed by atoms with E-state index in [0.717, 1.165) is 0 Å². The largest absolute Gasteiger partial charge is 0.324 e. The Morgan fingerprint density at radius 1 is 1.20 bits per heavy atom. The number of anilines is 1. The molecule has 1 aromatic rings. The second-order valence-electron chi connectivity index (χ2n) is 3.29. The van der Waals surface area contributed by atoms with Gasteiger partial charge in [0.25, 0.3) is 0 Å². The SMILES string of the molecule is CNS(=O)(=O)c1c(C)cc(NN)cc1C. The van der Waals surface area contributed by atoms with Gasteiger partial charge in [0, 0.05) is 5.69 Å². The molecule has 1 aromatic carbocycles. The van der Waals surface area contributed by atoms with Gasteiger partial charge in [0.15, 0.2) is 0 Å². The molecule has 0 spiro atoms. The first-order valence-corrected chi connectivity index (χ1v) is 5.92. The standard InChI is InChI=1S/C9H15N3O2S/c1-6-4-8(12-10)5-7(2)9(6)15(13,14)11-3/h4-5,11-12H,10H2,1-3H3. The molecule has 0 atom stereocenters. The molecule has 84 valence electrons. The fourth-order valence-corrected chi connectivity index (χ4v) is 2.73. The van der Waals surface area contributed by atoms with Gasteiger partial charge in [-0.1, -0.05) is 0 Å². The number of sulfonamides is 1. The van der Waals surface area contributed by atoms with E-state index >= 15 is 0 Å². The van der Waals surface area contributed by atoms with Crippen LogP contribution in [0, 0.1) is 13.8 Å². The highest BCUT2D eigenvalue weighted by molar-refractivity contribution is 7.89. The molecule has 1 rings (SSSR count). The number of hydrogen-bond donors (Lipinski definition) is 3. The molecule has 0 aliphatic heterocycles.